The van der Waals surface area contributed by atoms with Crippen molar-refractivity contribution < 1.29 is 23.1 Å². The highest BCUT2D eigenvalue weighted by atomic mass is 32.1. The smallest absolute Gasteiger partial charge is 0.322 e. The molecular weight excluding hydrogens is 540 g/mol. The number of aromatic nitrogens is 2. The van der Waals surface area contributed by atoms with Crippen LogP contribution in [0.3, 0.4) is 0 Å². The summed E-state index contributed by atoms with van der Waals surface area (Å²) in [6.45, 7) is 2.58. The Kier molecular flexibility index (Phi) is 9.51. The van der Waals surface area contributed by atoms with Crippen LogP contribution in [0.1, 0.15) is 12.0 Å². The van der Waals surface area contributed by atoms with Crippen molar-refractivity contribution in [1.29, 1.82) is 0 Å². The molecule has 1 fully saturated rings. The zero-order valence-electron chi connectivity index (χ0n) is 22.0. The summed E-state index contributed by atoms with van der Waals surface area (Å²) in [4.78, 5) is 36.6. The maximum atomic E-state index is 14.8. The number of halogens is 2. The minimum atomic E-state index is -0.712. The van der Waals surface area contributed by atoms with Crippen molar-refractivity contribution in [2.45, 2.75) is 12.8 Å². The van der Waals surface area contributed by atoms with Gasteiger partial charge in [0.15, 0.2) is 16.7 Å². The third-order valence-corrected chi connectivity index (χ3v) is 6.38. The lowest BCUT2D eigenvalue weighted by atomic mass is 10.1. The van der Waals surface area contributed by atoms with Crippen LogP contribution in [0.2, 0.25) is 0 Å². The van der Waals surface area contributed by atoms with Crippen LogP contribution < -0.4 is 20.7 Å². The molecule has 2 aromatic carbocycles. The number of nitrogens with one attached hydrogen (secondary N) is 3. The van der Waals surface area contributed by atoms with Crippen LogP contribution in [-0.4, -0.2) is 70.5 Å². The molecule has 1 aliphatic rings. The Bertz CT molecular complexity index is 1380. The van der Waals surface area contributed by atoms with Gasteiger partial charge in [-0.15, -0.1) is 0 Å². The van der Waals surface area contributed by atoms with E-state index in [0.717, 1.165) is 25.6 Å². The number of nitrogens with zero attached hydrogens (tertiary/aromatic N) is 4. The third kappa shape index (κ3) is 8.38. The average Bonchev–Trinajstić information content (AvgIpc) is 3.31. The number of amides is 3. The quantitative estimate of drug-likeness (QED) is 0.349. The number of carbonyl (C=O) groups is 2. The van der Waals surface area contributed by atoms with Gasteiger partial charge in [0.25, 0.3) is 0 Å². The first-order chi connectivity index (χ1) is 19.1. The molecule has 40 heavy (non-hydrogen) atoms. The van der Waals surface area contributed by atoms with E-state index < -0.39 is 17.5 Å². The van der Waals surface area contributed by atoms with Crippen molar-refractivity contribution in [3.63, 3.8) is 0 Å². The number of hydrogen-bond donors (Lipinski definition) is 3. The van der Waals surface area contributed by atoms with Gasteiger partial charge in [0, 0.05) is 38.0 Å². The minimum Gasteiger partial charge on any atom is -0.436 e. The molecule has 2 heterocycles. The van der Waals surface area contributed by atoms with Crippen LogP contribution in [-0.2, 0) is 11.2 Å². The van der Waals surface area contributed by atoms with Crippen molar-refractivity contribution in [3.8, 4) is 11.6 Å². The van der Waals surface area contributed by atoms with Crippen LogP contribution in [0, 0.1) is 17.6 Å². The average molecular weight is 570 g/mol. The largest absolute Gasteiger partial charge is 0.436 e. The molecule has 1 saturated heterocycles. The summed E-state index contributed by atoms with van der Waals surface area (Å²) in [5, 5.41) is 7.90. The molecule has 1 unspecified atom stereocenters. The normalized spacial score (nSPS) is 14.8. The topological polar surface area (TPSA) is 112 Å². The number of likely N-dealkylation sites (tertiary alicyclic amines) is 1. The van der Waals surface area contributed by atoms with Gasteiger partial charge in [-0.3, -0.25) is 10.1 Å². The fourth-order valence-electron chi connectivity index (χ4n) is 4.21. The van der Waals surface area contributed by atoms with E-state index in [0.29, 0.717) is 18.0 Å². The second kappa shape index (κ2) is 13.2. The number of rotatable bonds is 8. The van der Waals surface area contributed by atoms with E-state index in [1.807, 2.05) is 0 Å². The fraction of sp³-hybridized carbons (Fsp3) is 0.296. The first-order valence-corrected chi connectivity index (χ1v) is 12.9. The summed E-state index contributed by atoms with van der Waals surface area (Å²) in [7, 11) is 3.78. The van der Waals surface area contributed by atoms with Crippen molar-refractivity contribution in [3.05, 3.63) is 72.1 Å². The zero-order chi connectivity index (χ0) is 28.6. The molecular formula is C27H29F2N7O3S. The Hall–Kier alpha value is -4.23. The Balaban J connectivity index is 1.28. The zero-order valence-corrected chi connectivity index (χ0v) is 22.8. The van der Waals surface area contributed by atoms with Crippen LogP contribution in [0.25, 0.3) is 0 Å². The molecule has 4 rings (SSSR count). The van der Waals surface area contributed by atoms with Gasteiger partial charge in [0.1, 0.15) is 18.0 Å². The van der Waals surface area contributed by atoms with Crippen LogP contribution in [0.5, 0.6) is 11.6 Å². The minimum absolute atomic E-state index is 0.000975. The van der Waals surface area contributed by atoms with Gasteiger partial charge in [0.05, 0.1) is 6.42 Å². The van der Waals surface area contributed by atoms with E-state index in [1.165, 1.54) is 48.8 Å². The van der Waals surface area contributed by atoms with E-state index in [1.54, 1.807) is 11.9 Å². The van der Waals surface area contributed by atoms with Gasteiger partial charge < -0.3 is 25.2 Å². The summed E-state index contributed by atoms with van der Waals surface area (Å²) < 4.78 is 33.3. The maximum Gasteiger partial charge on any atom is 0.322 e. The molecule has 0 aliphatic carbocycles. The first kappa shape index (κ1) is 28.8. The maximum absolute atomic E-state index is 14.8. The molecule has 0 radical (unpaired) electrons. The predicted molar refractivity (Wildman–Crippen MR) is 150 cm³/mol. The van der Waals surface area contributed by atoms with Crippen LogP contribution >= 0.6 is 12.2 Å². The van der Waals surface area contributed by atoms with Crippen molar-refractivity contribution in [2.75, 3.05) is 44.4 Å². The summed E-state index contributed by atoms with van der Waals surface area (Å²) in [5.41, 5.74) is 0.898. The SMILES string of the molecule is CN1CCC(CN(C)C(=O)Nc2cc(Oc3ccc(NC(=S)NC(=O)Cc4ccc(F)cc4)cc3F)ncn2)C1. The molecule has 1 aromatic heterocycles. The molecule has 3 amide bonds. The highest BCUT2D eigenvalue weighted by molar-refractivity contribution is 7.80. The van der Waals surface area contributed by atoms with Crippen molar-refractivity contribution in [2.24, 2.45) is 5.92 Å². The summed E-state index contributed by atoms with van der Waals surface area (Å²) in [6.07, 6.45) is 2.24. The second-order valence-electron chi connectivity index (χ2n) is 9.52. The molecule has 0 spiro atoms. The number of ether oxygens (including phenoxy) is 1. The Morgan fingerprint density at radius 1 is 1.12 bits per heavy atom. The molecule has 210 valence electrons. The third-order valence-electron chi connectivity index (χ3n) is 6.18. The lowest BCUT2D eigenvalue weighted by Gasteiger charge is -2.21. The number of anilines is 2. The molecule has 1 aliphatic heterocycles. The Morgan fingerprint density at radius 3 is 2.60 bits per heavy atom. The van der Waals surface area contributed by atoms with Gasteiger partial charge in [-0.2, -0.15) is 0 Å². The monoisotopic (exact) mass is 569 g/mol. The standard InChI is InChI=1S/C27H29F2N7O3S/c1-35-10-9-18(14-35)15-36(2)27(38)33-23-13-25(31-16-30-23)39-22-8-7-20(12-21(22)29)32-26(40)34-24(37)11-17-3-5-19(28)6-4-17/h3-8,12-13,16,18H,9-11,14-15H2,1-2H3,(H,30,31,33,38)(H2,32,34,37,40). The summed E-state index contributed by atoms with van der Waals surface area (Å²) in [5.74, 6) is -0.967. The summed E-state index contributed by atoms with van der Waals surface area (Å²) >= 11 is 5.13. The van der Waals surface area contributed by atoms with Crippen molar-refractivity contribution >= 4 is 40.8 Å². The lowest BCUT2D eigenvalue weighted by Crippen LogP contribution is -2.36. The number of thiocarbonyl (C=S) groups is 1. The molecule has 0 saturated carbocycles. The molecule has 13 heteroatoms. The van der Waals surface area contributed by atoms with Gasteiger partial charge in [0.2, 0.25) is 11.8 Å². The molecule has 10 nitrogen and oxygen atoms in total. The molecule has 3 N–H and O–H groups in total. The van der Waals surface area contributed by atoms with Gasteiger partial charge >= 0.3 is 6.03 Å². The van der Waals surface area contributed by atoms with E-state index in [-0.39, 0.29) is 40.7 Å². The lowest BCUT2D eigenvalue weighted by molar-refractivity contribution is -0.119. The van der Waals surface area contributed by atoms with Crippen LogP contribution in [0.15, 0.2) is 54.9 Å². The highest BCUT2D eigenvalue weighted by Crippen LogP contribution is 2.26. The molecule has 3 aromatic rings. The van der Waals surface area contributed by atoms with Gasteiger partial charge in [-0.05, 0) is 68.0 Å². The number of urea groups is 1. The first-order valence-electron chi connectivity index (χ1n) is 12.5. The molecule has 0 bridgehead atoms. The number of carbonyl (C=O) groups excluding carboxylic acids is 2. The van der Waals surface area contributed by atoms with Gasteiger partial charge in [-0.25, -0.2) is 23.5 Å². The van der Waals surface area contributed by atoms with E-state index in [4.69, 9.17) is 17.0 Å². The summed E-state index contributed by atoms with van der Waals surface area (Å²) in [6, 6.07) is 10.6. The Morgan fingerprint density at radius 2 is 1.90 bits per heavy atom. The number of hydrogen-bond acceptors (Lipinski definition) is 7. The Labute approximate surface area is 235 Å². The second-order valence-corrected chi connectivity index (χ2v) is 9.93. The number of benzene rings is 2. The van der Waals surface area contributed by atoms with Crippen LogP contribution in [0.4, 0.5) is 25.1 Å². The fourth-order valence-corrected chi connectivity index (χ4v) is 4.44. The molecule has 1 atom stereocenters. The van der Waals surface area contributed by atoms with E-state index in [9.17, 15) is 18.4 Å². The van der Waals surface area contributed by atoms with Crippen molar-refractivity contribution in [1.82, 2.24) is 25.1 Å². The highest BCUT2D eigenvalue weighted by Gasteiger charge is 2.23. The van der Waals surface area contributed by atoms with E-state index >= 15 is 0 Å². The predicted octanol–water partition coefficient (Wildman–Crippen LogP) is 4.02. The van der Waals surface area contributed by atoms with Gasteiger partial charge in [-0.1, -0.05) is 12.1 Å². The van der Waals surface area contributed by atoms with E-state index in [2.05, 4.69) is 37.9 Å².